The minimum absolute atomic E-state index is 0.159. The smallest absolute Gasteiger partial charge is 0.345 e. The van der Waals surface area contributed by atoms with Crippen LogP contribution in [0.2, 0.25) is 0 Å². The second kappa shape index (κ2) is 8.42. The molecule has 2 aromatic carbocycles. The second-order valence-electron chi connectivity index (χ2n) is 7.67. The van der Waals surface area contributed by atoms with E-state index >= 15 is 0 Å². The summed E-state index contributed by atoms with van der Waals surface area (Å²) in [6.45, 7) is 5.18. The van der Waals surface area contributed by atoms with Crippen LogP contribution in [0.1, 0.15) is 45.6 Å². The summed E-state index contributed by atoms with van der Waals surface area (Å²) in [5.41, 5.74) is 2.05. The summed E-state index contributed by atoms with van der Waals surface area (Å²) < 4.78 is 64.1. The van der Waals surface area contributed by atoms with E-state index in [1.54, 1.807) is 39.0 Å². The zero-order valence-corrected chi connectivity index (χ0v) is 18.6. The molecule has 6 nitrogen and oxygen atoms in total. The first-order valence-electron chi connectivity index (χ1n) is 9.62. The van der Waals surface area contributed by atoms with Crippen LogP contribution in [-0.2, 0) is 16.2 Å². The molecule has 1 aromatic heterocycles. The number of fused-ring (bicyclic) bond motifs is 1. The molecule has 3 rings (SSSR count). The van der Waals surface area contributed by atoms with E-state index in [1.807, 2.05) is 0 Å². The molecular weight excluding hydrogens is 443 g/mol. The number of halogens is 3. The number of benzene rings is 2. The molecule has 1 amide bonds. The van der Waals surface area contributed by atoms with Gasteiger partial charge in [-0.3, -0.25) is 14.5 Å². The first-order chi connectivity index (χ1) is 14.8. The molecule has 0 aliphatic heterocycles. The number of aromatic nitrogens is 1. The maximum absolute atomic E-state index is 12.9. The number of nitrogens with one attached hydrogen (secondary N) is 2. The number of rotatable bonds is 5. The molecule has 3 aromatic rings. The number of nitrogens with zero attached hydrogens (tertiary/aromatic N) is 1. The molecule has 0 aliphatic carbocycles. The maximum Gasteiger partial charge on any atom is 0.416 e. The predicted octanol–water partition coefficient (Wildman–Crippen LogP) is 4.73. The maximum atomic E-state index is 12.9. The largest absolute Gasteiger partial charge is 0.416 e. The topological polar surface area (TPSA) is 88.2 Å². The Labute approximate surface area is 183 Å². The van der Waals surface area contributed by atoms with Gasteiger partial charge in [-0.2, -0.15) is 13.2 Å². The molecule has 0 unspecified atom stereocenters. The lowest BCUT2D eigenvalue weighted by molar-refractivity contribution is -0.137. The number of hydrogen-bond donors (Lipinski definition) is 2. The van der Waals surface area contributed by atoms with Crippen LogP contribution in [0.25, 0.3) is 10.9 Å². The van der Waals surface area contributed by atoms with Gasteiger partial charge in [-0.05, 0) is 55.7 Å². The molecule has 0 spiro atoms. The number of alkyl halides is 3. The van der Waals surface area contributed by atoms with E-state index in [2.05, 4.69) is 15.0 Å². The van der Waals surface area contributed by atoms with Gasteiger partial charge < -0.3 is 5.32 Å². The highest BCUT2D eigenvalue weighted by Crippen LogP contribution is 2.32. The summed E-state index contributed by atoms with van der Waals surface area (Å²) in [4.78, 5) is 16.9. The number of carbonyl (C=O) groups is 1. The van der Waals surface area contributed by atoms with Crippen molar-refractivity contribution in [3.8, 4) is 0 Å². The van der Waals surface area contributed by atoms with Gasteiger partial charge in [0.2, 0.25) is 10.0 Å². The summed E-state index contributed by atoms with van der Waals surface area (Å²) in [7, 11) is -3.41. The molecule has 0 radical (unpaired) electrons. The van der Waals surface area contributed by atoms with Crippen molar-refractivity contribution in [2.75, 3.05) is 11.0 Å². The Balaban J connectivity index is 1.83. The van der Waals surface area contributed by atoms with Crippen LogP contribution in [0.15, 0.2) is 42.6 Å². The average Bonchev–Trinajstić information content (AvgIpc) is 2.67. The molecule has 0 bridgehead atoms. The lowest BCUT2D eigenvalue weighted by Gasteiger charge is -2.18. The SMILES string of the molecule is Cc1cc([C@@H](C)NC(=O)c2cnc3cc(C(F)(F)F)ccc3c2C)ccc1NS(C)(=O)=O. The van der Waals surface area contributed by atoms with E-state index in [1.165, 1.54) is 12.3 Å². The van der Waals surface area contributed by atoms with Crippen molar-refractivity contribution in [1.29, 1.82) is 0 Å². The van der Waals surface area contributed by atoms with E-state index in [-0.39, 0.29) is 11.1 Å². The normalized spacial score (nSPS) is 13.1. The van der Waals surface area contributed by atoms with Crippen molar-refractivity contribution >= 4 is 32.5 Å². The summed E-state index contributed by atoms with van der Waals surface area (Å²) in [6.07, 6.45) is -2.14. The minimum atomic E-state index is -4.47. The van der Waals surface area contributed by atoms with Crippen LogP contribution in [0.4, 0.5) is 18.9 Å². The number of sulfonamides is 1. The fourth-order valence-corrected chi connectivity index (χ4v) is 3.99. The van der Waals surface area contributed by atoms with Gasteiger partial charge in [0, 0.05) is 11.6 Å². The fourth-order valence-electron chi connectivity index (χ4n) is 3.36. The lowest BCUT2D eigenvalue weighted by atomic mass is 10.0. The Morgan fingerprint density at radius 3 is 2.38 bits per heavy atom. The van der Waals surface area contributed by atoms with Crippen molar-refractivity contribution in [2.24, 2.45) is 0 Å². The van der Waals surface area contributed by atoms with Crippen LogP contribution in [0, 0.1) is 13.8 Å². The van der Waals surface area contributed by atoms with Crippen LogP contribution in [0.5, 0.6) is 0 Å². The van der Waals surface area contributed by atoms with E-state index in [4.69, 9.17) is 0 Å². The average molecular weight is 465 g/mol. The monoisotopic (exact) mass is 465 g/mol. The number of carbonyl (C=O) groups excluding carboxylic acids is 1. The molecular formula is C22H22F3N3O3S. The van der Waals surface area contributed by atoms with Gasteiger partial charge in [0.15, 0.2) is 0 Å². The first kappa shape index (κ1) is 23.5. The molecule has 1 heterocycles. The second-order valence-corrected chi connectivity index (χ2v) is 9.42. The highest BCUT2D eigenvalue weighted by molar-refractivity contribution is 7.92. The van der Waals surface area contributed by atoms with E-state index in [0.717, 1.165) is 24.0 Å². The zero-order chi connectivity index (χ0) is 23.8. The first-order valence-corrected chi connectivity index (χ1v) is 11.5. The molecule has 0 saturated heterocycles. The summed E-state index contributed by atoms with van der Waals surface area (Å²) in [5, 5.41) is 3.31. The standard InChI is InChI=1S/C22H22F3N3O3S/c1-12-9-15(5-8-19(12)28-32(4,30)31)14(3)27-21(29)18-11-26-20-10-16(22(23,24)25)6-7-17(20)13(18)2/h5-11,14,28H,1-4H3,(H,27,29)/t14-/m1/s1. The van der Waals surface area contributed by atoms with E-state index in [0.29, 0.717) is 22.2 Å². The third-order valence-electron chi connectivity index (χ3n) is 5.10. The van der Waals surface area contributed by atoms with Gasteiger partial charge in [0.05, 0.1) is 34.6 Å². The van der Waals surface area contributed by atoms with Crippen molar-refractivity contribution in [1.82, 2.24) is 10.3 Å². The van der Waals surface area contributed by atoms with Crippen LogP contribution in [0.3, 0.4) is 0 Å². The minimum Gasteiger partial charge on any atom is -0.345 e. The quantitative estimate of drug-likeness (QED) is 0.570. The van der Waals surface area contributed by atoms with E-state index in [9.17, 15) is 26.4 Å². The fraction of sp³-hybridized carbons (Fsp3) is 0.273. The Morgan fingerprint density at radius 1 is 1.09 bits per heavy atom. The molecule has 2 N–H and O–H groups in total. The zero-order valence-electron chi connectivity index (χ0n) is 17.8. The van der Waals surface area contributed by atoms with Gasteiger partial charge in [0.25, 0.3) is 5.91 Å². The van der Waals surface area contributed by atoms with Gasteiger partial charge in [-0.15, -0.1) is 0 Å². The van der Waals surface area contributed by atoms with Crippen molar-refractivity contribution in [3.05, 3.63) is 70.4 Å². The predicted molar refractivity (Wildman–Crippen MR) is 117 cm³/mol. The third kappa shape index (κ3) is 5.18. The highest BCUT2D eigenvalue weighted by Gasteiger charge is 2.30. The Bertz CT molecular complexity index is 1300. The Kier molecular flexibility index (Phi) is 6.19. The van der Waals surface area contributed by atoms with E-state index < -0.39 is 33.7 Å². The molecule has 1 atom stereocenters. The molecule has 0 aliphatic rings. The molecule has 170 valence electrons. The van der Waals surface area contributed by atoms with Crippen molar-refractivity contribution < 1.29 is 26.4 Å². The molecule has 0 fully saturated rings. The molecule has 0 saturated carbocycles. The van der Waals surface area contributed by atoms with Crippen molar-refractivity contribution in [3.63, 3.8) is 0 Å². The van der Waals surface area contributed by atoms with Crippen LogP contribution >= 0.6 is 0 Å². The Morgan fingerprint density at radius 2 is 1.78 bits per heavy atom. The molecule has 32 heavy (non-hydrogen) atoms. The third-order valence-corrected chi connectivity index (χ3v) is 5.69. The summed E-state index contributed by atoms with van der Waals surface area (Å²) >= 11 is 0. The lowest BCUT2D eigenvalue weighted by Crippen LogP contribution is -2.27. The van der Waals surface area contributed by atoms with Gasteiger partial charge >= 0.3 is 6.18 Å². The molecule has 10 heteroatoms. The van der Waals surface area contributed by atoms with Crippen LogP contribution in [-0.4, -0.2) is 25.6 Å². The van der Waals surface area contributed by atoms with Crippen LogP contribution < -0.4 is 10.0 Å². The number of hydrogen-bond acceptors (Lipinski definition) is 4. The van der Waals surface area contributed by atoms with Gasteiger partial charge in [0.1, 0.15) is 0 Å². The summed E-state index contributed by atoms with van der Waals surface area (Å²) in [5.74, 6) is -0.416. The Hall–Kier alpha value is -3.14. The number of anilines is 1. The number of pyridine rings is 1. The summed E-state index contributed by atoms with van der Waals surface area (Å²) in [6, 6.07) is 7.93. The van der Waals surface area contributed by atoms with Gasteiger partial charge in [-0.1, -0.05) is 18.2 Å². The van der Waals surface area contributed by atoms with Gasteiger partial charge in [-0.25, -0.2) is 8.42 Å². The highest BCUT2D eigenvalue weighted by atomic mass is 32.2. The number of amides is 1. The number of aryl methyl sites for hydroxylation is 2. The van der Waals surface area contributed by atoms with Crippen molar-refractivity contribution in [2.45, 2.75) is 33.0 Å².